The highest BCUT2D eigenvalue weighted by molar-refractivity contribution is 5.54. The number of rotatable bonds is 5. The van der Waals surface area contributed by atoms with Crippen molar-refractivity contribution in [3.05, 3.63) is 47.5 Å². The minimum absolute atomic E-state index is 1.03. The van der Waals surface area contributed by atoms with Crippen LogP contribution in [-0.4, -0.2) is 16.1 Å². The third kappa shape index (κ3) is 2.87. The fraction of sp³-hybridized carbons (Fsp3) is 0.471. The van der Waals surface area contributed by atoms with Gasteiger partial charge in [0.25, 0.3) is 0 Å². The highest BCUT2D eigenvalue weighted by Gasteiger charge is 2.09. The van der Waals surface area contributed by atoms with Crippen LogP contribution in [0.15, 0.2) is 30.6 Å². The molecule has 1 aliphatic rings. The molecule has 3 nitrogen and oxygen atoms in total. The number of anilines is 1. The van der Waals surface area contributed by atoms with E-state index in [0.717, 1.165) is 32.4 Å². The van der Waals surface area contributed by atoms with Crippen molar-refractivity contribution in [3.8, 4) is 0 Å². The Hall–Kier alpha value is -1.77. The second-order valence-electron chi connectivity index (χ2n) is 5.56. The Bertz CT molecular complexity index is 571. The first-order chi connectivity index (χ1) is 9.86. The van der Waals surface area contributed by atoms with Crippen molar-refractivity contribution >= 4 is 5.69 Å². The molecule has 0 spiro atoms. The van der Waals surface area contributed by atoms with Crippen molar-refractivity contribution in [2.24, 2.45) is 0 Å². The van der Waals surface area contributed by atoms with Crippen molar-refractivity contribution in [2.45, 2.75) is 45.6 Å². The molecule has 0 atom stereocenters. The van der Waals surface area contributed by atoms with Crippen LogP contribution in [0.3, 0.4) is 0 Å². The Morgan fingerprint density at radius 1 is 1.30 bits per heavy atom. The van der Waals surface area contributed by atoms with Crippen LogP contribution < -0.4 is 5.32 Å². The van der Waals surface area contributed by atoms with Gasteiger partial charge in [-0.05, 0) is 42.9 Å². The molecule has 0 fully saturated rings. The smallest absolute Gasteiger partial charge is 0.108 e. The molecule has 1 aromatic carbocycles. The van der Waals surface area contributed by atoms with Crippen LogP contribution in [0.5, 0.6) is 0 Å². The fourth-order valence-electron chi connectivity index (χ4n) is 2.95. The average Bonchev–Trinajstić information content (AvgIpc) is 2.93. The molecule has 0 aliphatic carbocycles. The second kappa shape index (κ2) is 6.12. The fourth-order valence-corrected chi connectivity index (χ4v) is 2.95. The number of hydrogen-bond donors (Lipinski definition) is 1. The Kier molecular flexibility index (Phi) is 4.05. The summed E-state index contributed by atoms with van der Waals surface area (Å²) in [6.07, 6.45) is 9.73. The number of aryl methyl sites for hydroxylation is 4. The molecule has 3 rings (SSSR count). The summed E-state index contributed by atoms with van der Waals surface area (Å²) in [4.78, 5) is 4.49. The topological polar surface area (TPSA) is 29.9 Å². The average molecular weight is 269 g/mol. The van der Waals surface area contributed by atoms with Crippen LogP contribution in [0.2, 0.25) is 0 Å². The van der Waals surface area contributed by atoms with E-state index < -0.39 is 0 Å². The highest BCUT2D eigenvalue weighted by atomic mass is 15.1. The number of benzene rings is 1. The van der Waals surface area contributed by atoms with E-state index in [-0.39, 0.29) is 0 Å². The van der Waals surface area contributed by atoms with Gasteiger partial charge in [-0.15, -0.1) is 0 Å². The number of fused-ring (bicyclic) bond motifs is 1. The summed E-state index contributed by atoms with van der Waals surface area (Å²) in [5, 5.41) is 3.47. The molecule has 0 amide bonds. The van der Waals surface area contributed by atoms with Gasteiger partial charge in [-0.25, -0.2) is 4.98 Å². The summed E-state index contributed by atoms with van der Waals surface area (Å²) in [5.41, 5.74) is 4.23. The lowest BCUT2D eigenvalue weighted by molar-refractivity contribution is 0.633. The van der Waals surface area contributed by atoms with E-state index in [2.05, 4.69) is 46.2 Å². The van der Waals surface area contributed by atoms with E-state index in [9.17, 15) is 0 Å². The molecule has 3 heteroatoms. The normalized spacial score (nSPS) is 13.8. The van der Waals surface area contributed by atoms with Crippen molar-refractivity contribution in [1.82, 2.24) is 9.55 Å². The molecule has 1 N–H and O–H groups in total. The maximum Gasteiger partial charge on any atom is 0.108 e. The van der Waals surface area contributed by atoms with Gasteiger partial charge in [0, 0.05) is 37.6 Å². The lowest BCUT2D eigenvalue weighted by Gasteiger charge is -2.18. The van der Waals surface area contributed by atoms with E-state index in [1.54, 1.807) is 0 Å². The van der Waals surface area contributed by atoms with Gasteiger partial charge in [0.15, 0.2) is 0 Å². The molecule has 2 heterocycles. The van der Waals surface area contributed by atoms with Gasteiger partial charge in [-0.3, -0.25) is 0 Å². The van der Waals surface area contributed by atoms with E-state index in [1.807, 2.05) is 6.20 Å². The Morgan fingerprint density at radius 3 is 3.15 bits per heavy atom. The SMILES string of the molecule is CCCn1ccnc1CCc1ccc2c(c1)CCCN2. The standard InChI is InChI=1S/C17H23N3/c1-2-11-20-12-10-19-17(20)8-6-14-5-7-16-15(13-14)4-3-9-18-16/h5,7,10,12-13,18H,2-4,6,8-9,11H2,1H3. The predicted molar refractivity (Wildman–Crippen MR) is 83.2 cm³/mol. The molecule has 0 bridgehead atoms. The van der Waals surface area contributed by atoms with Crippen LogP contribution in [-0.2, 0) is 25.8 Å². The Balaban J connectivity index is 1.67. The van der Waals surface area contributed by atoms with Crippen LogP contribution >= 0.6 is 0 Å². The predicted octanol–water partition coefficient (Wildman–Crippen LogP) is 3.44. The molecule has 106 valence electrons. The zero-order valence-corrected chi connectivity index (χ0v) is 12.2. The van der Waals surface area contributed by atoms with Gasteiger partial charge >= 0.3 is 0 Å². The molecule has 0 radical (unpaired) electrons. The number of nitrogens with one attached hydrogen (secondary N) is 1. The van der Waals surface area contributed by atoms with Crippen LogP contribution in [0, 0.1) is 0 Å². The van der Waals surface area contributed by atoms with E-state index in [0.29, 0.717) is 0 Å². The van der Waals surface area contributed by atoms with Crippen molar-refractivity contribution in [1.29, 1.82) is 0 Å². The molecule has 0 saturated heterocycles. The maximum absolute atomic E-state index is 4.49. The minimum atomic E-state index is 1.03. The number of aromatic nitrogens is 2. The second-order valence-corrected chi connectivity index (χ2v) is 5.56. The molecule has 0 unspecified atom stereocenters. The van der Waals surface area contributed by atoms with Crippen LogP contribution in [0.25, 0.3) is 0 Å². The lowest BCUT2D eigenvalue weighted by atomic mass is 9.99. The zero-order chi connectivity index (χ0) is 13.8. The van der Waals surface area contributed by atoms with Gasteiger partial charge in [-0.1, -0.05) is 19.1 Å². The molecule has 1 aliphatic heterocycles. The van der Waals surface area contributed by atoms with Crippen molar-refractivity contribution in [2.75, 3.05) is 11.9 Å². The number of imidazole rings is 1. The van der Waals surface area contributed by atoms with Gasteiger partial charge < -0.3 is 9.88 Å². The monoisotopic (exact) mass is 269 g/mol. The van der Waals surface area contributed by atoms with Crippen molar-refractivity contribution in [3.63, 3.8) is 0 Å². The molecule has 0 saturated carbocycles. The molecule has 1 aromatic heterocycles. The summed E-state index contributed by atoms with van der Waals surface area (Å²) in [5.74, 6) is 1.21. The summed E-state index contributed by atoms with van der Waals surface area (Å²) >= 11 is 0. The first-order valence-electron chi connectivity index (χ1n) is 7.72. The zero-order valence-electron chi connectivity index (χ0n) is 12.2. The number of nitrogens with zero attached hydrogens (tertiary/aromatic N) is 2. The highest BCUT2D eigenvalue weighted by Crippen LogP contribution is 2.23. The van der Waals surface area contributed by atoms with Crippen molar-refractivity contribution < 1.29 is 0 Å². The summed E-state index contributed by atoms with van der Waals surface area (Å²) in [7, 11) is 0. The minimum Gasteiger partial charge on any atom is -0.385 e. The molecular weight excluding hydrogens is 246 g/mol. The Labute approximate surface area is 121 Å². The lowest BCUT2D eigenvalue weighted by Crippen LogP contribution is -2.12. The van der Waals surface area contributed by atoms with Gasteiger partial charge in [0.05, 0.1) is 0 Å². The van der Waals surface area contributed by atoms with Crippen LogP contribution in [0.1, 0.15) is 36.7 Å². The quantitative estimate of drug-likeness (QED) is 0.901. The summed E-state index contributed by atoms with van der Waals surface area (Å²) < 4.78 is 2.28. The van der Waals surface area contributed by atoms with E-state index >= 15 is 0 Å². The van der Waals surface area contributed by atoms with E-state index in [1.165, 1.54) is 35.5 Å². The third-order valence-corrected chi connectivity index (χ3v) is 4.01. The third-order valence-electron chi connectivity index (χ3n) is 4.01. The van der Waals surface area contributed by atoms with E-state index in [4.69, 9.17) is 0 Å². The van der Waals surface area contributed by atoms with Gasteiger partial charge in [0.1, 0.15) is 5.82 Å². The summed E-state index contributed by atoms with van der Waals surface area (Å²) in [6.45, 7) is 4.39. The van der Waals surface area contributed by atoms with Gasteiger partial charge in [0.2, 0.25) is 0 Å². The number of hydrogen-bond acceptors (Lipinski definition) is 2. The maximum atomic E-state index is 4.49. The van der Waals surface area contributed by atoms with Gasteiger partial charge in [-0.2, -0.15) is 0 Å². The van der Waals surface area contributed by atoms with Crippen LogP contribution in [0.4, 0.5) is 5.69 Å². The first-order valence-corrected chi connectivity index (χ1v) is 7.72. The largest absolute Gasteiger partial charge is 0.385 e. The molecule has 2 aromatic rings. The molecular formula is C17H23N3. The Morgan fingerprint density at radius 2 is 2.25 bits per heavy atom. The first kappa shape index (κ1) is 13.2. The summed E-state index contributed by atoms with van der Waals surface area (Å²) in [6, 6.07) is 6.86. The molecule has 20 heavy (non-hydrogen) atoms.